The maximum Gasteiger partial charge on any atom is 0.252 e. The molecule has 0 aliphatic heterocycles. The van der Waals surface area contributed by atoms with E-state index >= 15 is 0 Å². The number of hydrogen-bond donors (Lipinski definition) is 2. The second-order valence-corrected chi connectivity index (χ2v) is 4.09. The number of H-pyrrole nitrogens is 1. The number of halogens is 3. The first-order valence-electron chi connectivity index (χ1n) is 5.35. The van der Waals surface area contributed by atoms with Crippen LogP contribution in [0, 0.1) is 11.6 Å². The van der Waals surface area contributed by atoms with E-state index in [9.17, 15) is 13.6 Å². The van der Waals surface area contributed by atoms with Crippen molar-refractivity contribution >= 4 is 17.5 Å². The predicted molar refractivity (Wildman–Crippen MR) is 63.8 cm³/mol. The highest BCUT2D eigenvalue weighted by molar-refractivity contribution is 6.33. The molecule has 0 aliphatic rings. The number of hydrogen-bond acceptors (Lipinski definition) is 3. The average molecular weight is 287 g/mol. The van der Waals surface area contributed by atoms with Crippen molar-refractivity contribution in [3.8, 4) is 0 Å². The van der Waals surface area contributed by atoms with Crippen molar-refractivity contribution in [1.29, 1.82) is 0 Å². The van der Waals surface area contributed by atoms with Gasteiger partial charge in [0.1, 0.15) is 12.2 Å². The van der Waals surface area contributed by atoms with Crippen LogP contribution in [-0.2, 0) is 6.42 Å². The third-order valence-corrected chi connectivity index (χ3v) is 2.68. The molecule has 0 atom stereocenters. The Morgan fingerprint density at radius 2 is 2.11 bits per heavy atom. The highest BCUT2D eigenvalue weighted by Gasteiger charge is 2.14. The highest BCUT2D eigenvalue weighted by atomic mass is 35.5. The quantitative estimate of drug-likeness (QED) is 0.841. The fourth-order valence-corrected chi connectivity index (χ4v) is 1.67. The number of carbonyl (C=O) groups excluding carboxylic acids is 1. The van der Waals surface area contributed by atoms with Crippen LogP contribution in [0.1, 0.15) is 16.2 Å². The van der Waals surface area contributed by atoms with Crippen molar-refractivity contribution in [1.82, 2.24) is 20.5 Å². The molecule has 0 bridgehead atoms. The molecule has 1 aromatic carbocycles. The Balaban J connectivity index is 1.98. The van der Waals surface area contributed by atoms with Gasteiger partial charge in [-0.15, -0.1) is 0 Å². The molecule has 2 N–H and O–H groups in total. The van der Waals surface area contributed by atoms with Gasteiger partial charge in [-0.1, -0.05) is 11.6 Å². The maximum atomic E-state index is 13.0. The lowest BCUT2D eigenvalue weighted by molar-refractivity contribution is 0.0953. The minimum absolute atomic E-state index is 0.113. The van der Waals surface area contributed by atoms with E-state index in [2.05, 4.69) is 20.5 Å². The Labute approximate surface area is 112 Å². The maximum absolute atomic E-state index is 13.0. The molecule has 0 fully saturated rings. The zero-order valence-corrected chi connectivity index (χ0v) is 10.3. The number of nitrogens with one attached hydrogen (secondary N) is 2. The van der Waals surface area contributed by atoms with Crippen LogP contribution in [0.5, 0.6) is 0 Å². The van der Waals surface area contributed by atoms with E-state index in [0.717, 1.165) is 12.1 Å². The Kier molecular flexibility index (Phi) is 4.06. The van der Waals surface area contributed by atoms with Crippen LogP contribution < -0.4 is 5.32 Å². The van der Waals surface area contributed by atoms with E-state index in [4.69, 9.17) is 11.6 Å². The third-order valence-electron chi connectivity index (χ3n) is 2.37. The van der Waals surface area contributed by atoms with Crippen molar-refractivity contribution in [2.24, 2.45) is 0 Å². The summed E-state index contributed by atoms with van der Waals surface area (Å²) in [6.45, 7) is 0.267. The number of nitrogens with zero attached hydrogens (tertiary/aromatic N) is 2. The van der Waals surface area contributed by atoms with Gasteiger partial charge in [-0.25, -0.2) is 13.8 Å². The van der Waals surface area contributed by atoms with Crippen LogP contribution in [0.2, 0.25) is 5.02 Å². The van der Waals surface area contributed by atoms with Crippen molar-refractivity contribution in [3.63, 3.8) is 0 Å². The number of carbonyl (C=O) groups is 1. The first-order chi connectivity index (χ1) is 9.08. The Morgan fingerprint density at radius 3 is 2.79 bits per heavy atom. The normalized spacial score (nSPS) is 10.5. The van der Waals surface area contributed by atoms with Crippen LogP contribution in [0.3, 0.4) is 0 Å². The molecule has 2 aromatic rings. The molecule has 0 unspecified atom stereocenters. The summed E-state index contributed by atoms with van der Waals surface area (Å²) in [7, 11) is 0. The molecule has 19 heavy (non-hydrogen) atoms. The number of amides is 1. The van der Waals surface area contributed by atoms with Crippen molar-refractivity contribution in [3.05, 3.63) is 46.5 Å². The van der Waals surface area contributed by atoms with E-state index in [1.807, 2.05) is 0 Å². The van der Waals surface area contributed by atoms with Gasteiger partial charge in [-0.2, -0.15) is 5.10 Å². The first-order valence-corrected chi connectivity index (χ1v) is 5.72. The minimum atomic E-state index is -1.12. The van der Waals surface area contributed by atoms with E-state index in [1.54, 1.807) is 0 Å². The molecule has 1 aromatic heterocycles. The number of aromatic amines is 1. The monoisotopic (exact) mass is 286 g/mol. The minimum Gasteiger partial charge on any atom is -0.352 e. The van der Waals surface area contributed by atoms with Gasteiger partial charge in [0.25, 0.3) is 5.91 Å². The molecule has 5 nitrogen and oxygen atoms in total. The zero-order chi connectivity index (χ0) is 13.8. The highest BCUT2D eigenvalue weighted by Crippen LogP contribution is 2.19. The lowest BCUT2D eigenvalue weighted by Crippen LogP contribution is -2.26. The van der Waals surface area contributed by atoms with Gasteiger partial charge < -0.3 is 5.32 Å². The standard InChI is InChI=1S/C11H9ClF2N4O/c12-7-4-9(14)8(13)3-6(7)11(19)15-2-1-10-16-5-17-18-10/h3-5H,1-2H2,(H,15,19)(H,16,17,18). The summed E-state index contributed by atoms with van der Waals surface area (Å²) in [5.74, 6) is -2.19. The summed E-state index contributed by atoms with van der Waals surface area (Å²) in [6, 6.07) is 1.53. The first kappa shape index (κ1) is 13.4. The lowest BCUT2D eigenvalue weighted by Gasteiger charge is -2.06. The molecule has 1 heterocycles. The molecule has 0 spiro atoms. The van der Waals surface area contributed by atoms with Crippen molar-refractivity contribution in [2.75, 3.05) is 6.54 Å². The second kappa shape index (κ2) is 5.75. The van der Waals surface area contributed by atoms with Crippen molar-refractivity contribution < 1.29 is 13.6 Å². The van der Waals surface area contributed by atoms with E-state index in [-0.39, 0.29) is 17.1 Å². The van der Waals surface area contributed by atoms with Gasteiger partial charge in [0, 0.05) is 13.0 Å². The second-order valence-electron chi connectivity index (χ2n) is 3.68. The number of aromatic nitrogens is 3. The third kappa shape index (κ3) is 3.25. The van der Waals surface area contributed by atoms with Gasteiger partial charge in [-0.05, 0) is 12.1 Å². The molecular weight excluding hydrogens is 278 g/mol. The van der Waals surface area contributed by atoms with E-state index < -0.39 is 17.5 Å². The molecule has 2 rings (SSSR count). The predicted octanol–water partition coefficient (Wildman–Crippen LogP) is 1.71. The van der Waals surface area contributed by atoms with Crippen LogP contribution >= 0.6 is 11.6 Å². The van der Waals surface area contributed by atoms with Gasteiger partial charge in [0.2, 0.25) is 0 Å². The van der Waals surface area contributed by atoms with Gasteiger partial charge in [0.05, 0.1) is 10.6 Å². The number of rotatable bonds is 4. The molecule has 0 radical (unpaired) electrons. The molecular formula is C11H9ClF2N4O. The number of benzene rings is 1. The summed E-state index contributed by atoms with van der Waals surface area (Å²) in [5.41, 5.74) is -0.113. The van der Waals surface area contributed by atoms with Crippen LogP contribution in [0.4, 0.5) is 8.78 Å². The molecule has 0 saturated heterocycles. The largest absolute Gasteiger partial charge is 0.352 e. The Morgan fingerprint density at radius 1 is 1.37 bits per heavy atom. The van der Waals surface area contributed by atoms with Gasteiger partial charge in [-0.3, -0.25) is 9.89 Å². The van der Waals surface area contributed by atoms with Crippen LogP contribution in [0.15, 0.2) is 18.5 Å². The zero-order valence-electron chi connectivity index (χ0n) is 9.58. The smallest absolute Gasteiger partial charge is 0.252 e. The summed E-state index contributed by atoms with van der Waals surface area (Å²) in [4.78, 5) is 15.6. The Hall–Kier alpha value is -2.02. The van der Waals surface area contributed by atoms with E-state index in [1.165, 1.54) is 6.33 Å². The lowest BCUT2D eigenvalue weighted by atomic mass is 10.2. The molecule has 1 amide bonds. The molecule has 0 saturated carbocycles. The fourth-order valence-electron chi connectivity index (χ4n) is 1.44. The molecule has 100 valence electrons. The topological polar surface area (TPSA) is 70.7 Å². The van der Waals surface area contributed by atoms with Crippen molar-refractivity contribution in [2.45, 2.75) is 6.42 Å². The SMILES string of the molecule is O=C(NCCc1ncn[nH]1)c1cc(F)c(F)cc1Cl. The van der Waals surface area contributed by atoms with E-state index in [0.29, 0.717) is 12.2 Å². The molecule has 0 aliphatic carbocycles. The Bertz CT molecular complexity index is 589. The van der Waals surface area contributed by atoms with Crippen LogP contribution in [0.25, 0.3) is 0 Å². The average Bonchev–Trinajstić information content (AvgIpc) is 2.86. The summed E-state index contributed by atoms with van der Waals surface area (Å²) >= 11 is 5.68. The van der Waals surface area contributed by atoms with Crippen LogP contribution in [-0.4, -0.2) is 27.6 Å². The summed E-state index contributed by atoms with van der Waals surface area (Å²) in [6.07, 6.45) is 1.79. The summed E-state index contributed by atoms with van der Waals surface area (Å²) < 4.78 is 25.9. The fraction of sp³-hybridized carbons (Fsp3) is 0.182. The molecule has 8 heteroatoms. The summed E-state index contributed by atoms with van der Waals surface area (Å²) in [5, 5.41) is 8.66. The van der Waals surface area contributed by atoms with Gasteiger partial charge >= 0.3 is 0 Å². The van der Waals surface area contributed by atoms with Gasteiger partial charge in [0.15, 0.2) is 11.6 Å².